The van der Waals surface area contributed by atoms with E-state index in [9.17, 15) is 0 Å². The van der Waals surface area contributed by atoms with E-state index in [-0.39, 0.29) is 0 Å². The molecule has 6 heteroatoms. The number of nitrogens with zero attached hydrogens (tertiary/aromatic N) is 3. The molecule has 3 aliphatic rings. The molecule has 0 heterocycles. The minimum absolute atomic E-state index is 0.718. The van der Waals surface area contributed by atoms with Crippen molar-refractivity contribution in [2.75, 3.05) is 42.3 Å². The molecule has 0 spiro atoms. The monoisotopic (exact) mass is 837 g/mol. The van der Waals surface area contributed by atoms with Crippen molar-refractivity contribution in [3.8, 4) is 0 Å². The van der Waals surface area contributed by atoms with Gasteiger partial charge in [0, 0.05) is 31.5 Å². The van der Waals surface area contributed by atoms with Gasteiger partial charge >= 0.3 is 0 Å². The average molecular weight is 841 g/mol. The fourth-order valence-electron chi connectivity index (χ4n) is 6.72. The van der Waals surface area contributed by atoms with Crippen LogP contribution in [0.2, 0.25) is 0 Å². The molecular formula is C42H54Br3N3. The maximum absolute atomic E-state index is 3.53. The average Bonchev–Trinajstić information content (AvgIpc) is 3.09. The highest BCUT2D eigenvalue weighted by Crippen LogP contribution is 2.32. The summed E-state index contributed by atoms with van der Waals surface area (Å²) in [7, 11) is 13.0. The van der Waals surface area contributed by atoms with Gasteiger partial charge in [-0.1, -0.05) is 102 Å². The fourth-order valence-corrected chi connectivity index (χ4v) is 7.92. The molecule has 0 fully saturated rings. The van der Waals surface area contributed by atoms with Gasteiger partial charge in [-0.2, -0.15) is 0 Å². The van der Waals surface area contributed by atoms with Gasteiger partial charge < -0.3 is 14.7 Å². The van der Waals surface area contributed by atoms with Crippen molar-refractivity contribution in [1.29, 1.82) is 0 Å². The normalized spacial score (nSPS) is 21.0. The highest BCUT2D eigenvalue weighted by atomic mass is 79.9. The predicted octanol–water partition coefficient (Wildman–Crippen LogP) is 11.8. The highest BCUT2D eigenvalue weighted by Gasteiger charge is 2.19. The van der Waals surface area contributed by atoms with Crippen molar-refractivity contribution < 1.29 is 0 Å². The second-order valence-corrected chi connectivity index (χ2v) is 16.6. The van der Waals surface area contributed by atoms with E-state index in [1.807, 2.05) is 0 Å². The Balaban J connectivity index is 0.000000163. The number of rotatable bonds is 6. The van der Waals surface area contributed by atoms with Crippen LogP contribution in [0.15, 0.2) is 104 Å². The third-order valence-electron chi connectivity index (χ3n) is 9.93. The molecule has 0 aromatic heterocycles. The van der Waals surface area contributed by atoms with Crippen LogP contribution in [0.3, 0.4) is 0 Å². The van der Waals surface area contributed by atoms with Crippen LogP contribution in [0.4, 0.5) is 0 Å². The van der Waals surface area contributed by atoms with Gasteiger partial charge in [0.25, 0.3) is 0 Å². The van der Waals surface area contributed by atoms with Crippen molar-refractivity contribution in [3.63, 3.8) is 0 Å². The molecule has 3 unspecified atom stereocenters. The van der Waals surface area contributed by atoms with Crippen LogP contribution in [0, 0.1) is 0 Å². The maximum Gasteiger partial charge on any atom is 0.0181 e. The van der Waals surface area contributed by atoms with E-state index in [0.29, 0.717) is 0 Å². The lowest BCUT2D eigenvalue weighted by molar-refractivity contribution is 0.277. The van der Waals surface area contributed by atoms with Gasteiger partial charge in [-0.15, -0.1) is 0 Å². The van der Waals surface area contributed by atoms with E-state index in [4.69, 9.17) is 0 Å². The lowest BCUT2D eigenvalue weighted by Crippen LogP contribution is -2.28. The molecule has 258 valence electrons. The first-order chi connectivity index (χ1) is 23.0. The molecule has 0 radical (unpaired) electrons. The van der Waals surface area contributed by atoms with Crippen LogP contribution < -0.4 is 0 Å². The zero-order chi connectivity index (χ0) is 34.6. The van der Waals surface area contributed by atoms with Crippen LogP contribution in [-0.2, 0) is 0 Å². The van der Waals surface area contributed by atoms with Crippen molar-refractivity contribution in [2.45, 2.75) is 75.9 Å². The molecule has 6 rings (SSSR count). The van der Waals surface area contributed by atoms with Crippen LogP contribution >= 0.6 is 47.8 Å². The first kappa shape index (κ1) is 39.0. The molecule has 3 atom stereocenters. The molecular weight excluding hydrogens is 786 g/mol. The summed E-state index contributed by atoms with van der Waals surface area (Å²) < 4.78 is 3.50. The van der Waals surface area contributed by atoms with E-state index >= 15 is 0 Å². The lowest BCUT2D eigenvalue weighted by Gasteiger charge is -2.27. The summed E-state index contributed by atoms with van der Waals surface area (Å²) in [6.45, 7) is 0. The van der Waals surface area contributed by atoms with E-state index in [0.717, 1.165) is 18.1 Å². The summed E-state index contributed by atoms with van der Waals surface area (Å²) in [6.07, 6.45) is 18.1. The maximum atomic E-state index is 3.53. The molecule has 3 aromatic rings. The van der Waals surface area contributed by atoms with Gasteiger partial charge in [0.2, 0.25) is 0 Å². The third-order valence-corrected chi connectivity index (χ3v) is 11.4. The molecule has 0 saturated carbocycles. The molecule has 3 nitrogen and oxygen atoms in total. The smallest absolute Gasteiger partial charge is 0.0181 e. The van der Waals surface area contributed by atoms with Gasteiger partial charge in [0.1, 0.15) is 0 Å². The predicted molar refractivity (Wildman–Crippen MR) is 220 cm³/mol. The van der Waals surface area contributed by atoms with E-state index in [1.54, 1.807) is 0 Å². The van der Waals surface area contributed by atoms with Crippen molar-refractivity contribution in [1.82, 2.24) is 14.7 Å². The number of benzene rings is 3. The summed E-state index contributed by atoms with van der Waals surface area (Å²) in [5.41, 5.74) is 8.60. The third kappa shape index (κ3) is 12.2. The van der Waals surface area contributed by atoms with Crippen molar-refractivity contribution in [3.05, 3.63) is 121 Å². The zero-order valence-electron chi connectivity index (χ0n) is 29.7. The first-order valence-corrected chi connectivity index (χ1v) is 19.7. The number of allylic oxidation sites excluding steroid dienone is 3. The van der Waals surface area contributed by atoms with Gasteiger partial charge in [-0.3, -0.25) is 0 Å². The minimum atomic E-state index is 0.718. The van der Waals surface area contributed by atoms with Gasteiger partial charge in [0.05, 0.1) is 0 Å². The van der Waals surface area contributed by atoms with Gasteiger partial charge in [-0.05, 0) is 170 Å². The summed E-state index contributed by atoms with van der Waals surface area (Å²) >= 11 is 10.6. The standard InChI is InChI=1S/3C14H18BrN/c3*1-16(2)14-8-6-11(7-9-14)12-4-3-5-13(15)10-12/h3*3-6,10,14H,7-9H2,1-2H3. The number of hydrogen-bond donors (Lipinski definition) is 0. The molecule has 0 saturated heterocycles. The molecule has 0 bridgehead atoms. The summed E-state index contributed by atoms with van der Waals surface area (Å²) in [6, 6.07) is 28.0. The molecule has 0 amide bonds. The van der Waals surface area contributed by atoms with Gasteiger partial charge in [-0.25, -0.2) is 0 Å². The largest absolute Gasteiger partial charge is 0.306 e. The van der Waals surface area contributed by atoms with Crippen LogP contribution in [0.5, 0.6) is 0 Å². The van der Waals surface area contributed by atoms with Crippen LogP contribution in [-0.4, -0.2) is 75.1 Å². The second-order valence-electron chi connectivity index (χ2n) is 13.9. The molecule has 0 aliphatic heterocycles. The van der Waals surface area contributed by atoms with E-state index < -0.39 is 0 Å². The second kappa shape index (κ2) is 19.6. The Labute approximate surface area is 316 Å². The summed E-state index contributed by atoms with van der Waals surface area (Å²) in [5.74, 6) is 0. The van der Waals surface area contributed by atoms with E-state index in [2.05, 4.69) is 196 Å². The number of hydrogen-bond acceptors (Lipinski definition) is 3. The van der Waals surface area contributed by atoms with Crippen LogP contribution in [0.25, 0.3) is 16.7 Å². The zero-order valence-corrected chi connectivity index (χ0v) is 34.5. The van der Waals surface area contributed by atoms with Crippen molar-refractivity contribution >= 4 is 64.5 Å². The van der Waals surface area contributed by atoms with Crippen molar-refractivity contribution in [2.24, 2.45) is 0 Å². The first-order valence-electron chi connectivity index (χ1n) is 17.3. The topological polar surface area (TPSA) is 9.72 Å². The van der Waals surface area contributed by atoms with Crippen LogP contribution in [0.1, 0.15) is 74.5 Å². The lowest BCUT2D eigenvalue weighted by atomic mass is 9.90. The summed E-state index contributed by atoms with van der Waals surface area (Å²) in [4.78, 5) is 6.98. The Morgan fingerprint density at radius 3 is 0.896 bits per heavy atom. The van der Waals surface area contributed by atoms with Gasteiger partial charge in [0.15, 0.2) is 0 Å². The Morgan fingerprint density at radius 2 is 0.708 bits per heavy atom. The Kier molecular flexibility index (Phi) is 15.9. The quantitative estimate of drug-likeness (QED) is 0.245. The molecule has 48 heavy (non-hydrogen) atoms. The number of halogens is 3. The highest BCUT2D eigenvalue weighted by molar-refractivity contribution is 9.11. The molecule has 3 aromatic carbocycles. The Bertz CT molecular complexity index is 1370. The Morgan fingerprint density at radius 1 is 0.438 bits per heavy atom. The van der Waals surface area contributed by atoms with E-state index in [1.165, 1.54) is 105 Å². The fraction of sp³-hybridized carbons (Fsp3) is 0.429. The molecule has 3 aliphatic carbocycles. The molecule has 0 N–H and O–H groups in total. The Hall–Kier alpha value is -1.80. The minimum Gasteiger partial charge on any atom is -0.306 e. The summed E-state index contributed by atoms with van der Waals surface area (Å²) in [5, 5.41) is 0. The SMILES string of the molecule is CN(C)C1CC=C(c2cccc(Br)c2)CC1.CN(C)C1CC=C(c2cccc(Br)c2)CC1.CN(C)C1CC=C(c2cccc(Br)c2)CC1.